The number of halogens is 3. The molecule has 0 N–H and O–H groups in total. The van der Waals surface area contributed by atoms with Crippen LogP contribution in [0.15, 0.2) is 73.1 Å². The first-order valence-electron chi connectivity index (χ1n) is 9.45. The van der Waals surface area contributed by atoms with E-state index in [-0.39, 0.29) is 17.9 Å². The van der Waals surface area contributed by atoms with Crippen LogP contribution < -0.4 is 4.74 Å². The maximum Gasteiger partial charge on any atom is 0.573 e. The van der Waals surface area contributed by atoms with E-state index in [1.165, 1.54) is 18.2 Å². The molecule has 4 aromatic rings. The van der Waals surface area contributed by atoms with Crippen molar-refractivity contribution in [3.63, 3.8) is 0 Å². The first-order chi connectivity index (χ1) is 14.9. The molecule has 0 amide bonds. The molecule has 3 aromatic carbocycles. The monoisotopic (exact) mass is 426 g/mol. The lowest BCUT2D eigenvalue weighted by molar-refractivity contribution is -0.274. The number of fused-ring (bicyclic) bond motifs is 1. The molecular weight excluding hydrogens is 409 g/mol. The van der Waals surface area contributed by atoms with Crippen molar-refractivity contribution in [2.45, 2.75) is 13.3 Å². The number of aromatic nitrogens is 2. The van der Waals surface area contributed by atoms with Gasteiger partial charge in [0.05, 0.1) is 23.2 Å². The lowest BCUT2D eigenvalue weighted by atomic mass is 10.0. The fourth-order valence-electron chi connectivity index (χ4n) is 3.35. The van der Waals surface area contributed by atoms with Crippen LogP contribution in [0.3, 0.4) is 0 Å². The van der Waals surface area contributed by atoms with E-state index < -0.39 is 12.3 Å². The number of benzene rings is 3. The number of alkyl halides is 3. The Morgan fingerprint density at radius 1 is 1.03 bits per heavy atom. The van der Waals surface area contributed by atoms with Gasteiger partial charge in [-0.15, -0.1) is 13.2 Å². The van der Waals surface area contributed by atoms with Crippen molar-refractivity contribution in [2.75, 3.05) is 6.61 Å². The summed E-state index contributed by atoms with van der Waals surface area (Å²) in [4.78, 5) is 16.8. The number of nitrogens with zero attached hydrogens (tertiary/aromatic N) is 2. The zero-order chi connectivity index (χ0) is 22.0. The molecule has 0 radical (unpaired) electrons. The Kier molecular flexibility index (Phi) is 5.37. The number of esters is 1. The van der Waals surface area contributed by atoms with E-state index in [4.69, 9.17) is 4.74 Å². The molecule has 8 heteroatoms. The Labute approximate surface area is 175 Å². The van der Waals surface area contributed by atoms with E-state index in [0.717, 1.165) is 5.69 Å². The summed E-state index contributed by atoms with van der Waals surface area (Å²) in [7, 11) is 0. The zero-order valence-corrected chi connectivity index (χ0v) is 16.4. The molecule has 0 unspecified atom stereocenters. The highest BCUT2D eigenvalue weighted by molar-refractivity contribution is 6.01. The van der Waals surface area contributed by atoms with Crippen LogP contribution in [0.1, 0.15) is 17.3 Å². The van der Waals surface area contributed by atoms with Gasteiger partial charge >= 0.3 is 12.3 Å². The first kappa shape index (κ1) is 20.5. The van der Waals surface area contributed by atoms with Crippen LogP contribution in [-0.2, 0) is 4.74 Å². The van der Waals surface area contributed by atoms with Crippen molar-refractivity contribution in [1.29, 1.82) is 0 Å². The summed E-state index contributed by atoms with van der Waals surface area (Å²) >= 11 is 0. The Morgan fingerprint density at radius 2 is 1.81 bits per heavy atom. The highest BCUT2D eigenvalue weighted by Crippen LogP contribution is 2.34. The van der Waals surface area contributed by atoms with Crippen LogP contribution in [0.4, 0.5) is 13.2 Å². The number of para-hydroxylation sites is 1. The van der Waals surface area contributed by atoms with Gasteiger partial charge in [0, 0.05) is 11.3 Å². The summed E-state index contributed by atoms with van der Waals surface area (Å²) in [5.74, 6) is -0.895. The number of rotatable bonds is 5. The highest BCUT2D eigenvalue weighted by atomic mass is 19.4. The van der Waals surface area contributed by atoms with Crippen LogP contribution in [0, 0.1) is 0 Å². The van der Waals surface area contributed by atoms with Gasteiger partial charge in [-0.3, -0.25) is 4.57 Å². The quantitative estimate of drug-likeness (QED) is 0.380. The molecule has 31 heavy (non-hydrogen) atoms. The molecule has 4 rings (SSSR count). The van der Waals surface area contributed by atoms with Crippen LogP contribution in [0.2, 0.25) is 0 Å². The van der Waals surface area contributed by atoms with E-state index >= 15 is 0 Å². The minimum atomic E-state index is -4.81. The smallest absolute Gasteiger partial charge is 0.462 e. The van der Waals surface area contributed by atoms with Gasteiger partial charge in [-0.1, -0.05) is 30.3 Å². The summed E-state index contributed by atoms with van der Waals surface area (Å²) in [5.41, 5.74) is 3.18. The van der Waals surface area contributed by atoms with Gasteiger partial charge in [0.1, 0.15) is 12.1 Å². The second kappa shape index (κ2) is 8.14. The largest absolute Gasteiger partial charge is 0.573 e. The molecule has 0 aliphatic rings. The van der Waals surface area contributed by atoms with Crippen LogP contribution >= 0.6 is 0 Å². The highest BCUT2D eigenvalue weighted by Gasteiger charge is 2.31. The predicted molar refractivity (Wildman–Crippen MR) is 109 cm³/mol. The summed E-state index contributed by atoms with van der Waals surface area (Å²) in [5, 5.41) is 0. The Morgan fingerprint density at radius 3 is 2.52 bits per heavy atom. The van der Waals surface area contributed by atoms with Crippen molar-refractivity contribution >= 4 is 17.0 Å². The maximum atomic E-state index is 12.7. The Balaban J connectivity index is 1.94. The van der Waals surface area contributed by atoms with Gasteiger partial charge in [-0.05, 0) is 48.9 Å². The van der Waals surface area contributed by atoms with Crippen molar-refractivity contribution in [3.8, 4) is 22.6 Å². The Hall–Kier alpha value is -3.81. The molecule has 0 aliphatic carbocycles. The lowest BCUT2D eigenvalue weighted by Crippen LogP contribution is -2.17. The predicted octanol–water partition coefficient (Wildman–Crippen LogP) is 5.77. The Bertz CT molecular complexity index is 1230. The van der Waals surface area contributed by atoms with Crippen molar-refractivity contribution in [3.05, 3.63) is 78.6 Å². The van der Waals surface area contributed by atoms with Gasteiger partial charge in [0.25, 0.3) is 0 Å². The SMILES string of the molecule is CCOC(=O)c1cc(-c2cccc(OC(F)(F)F)c2)c2c(c1)ncn2-c1ccccc1. The lowest BCUT2D eigenvalue weighted by Gasteiger charge is -2.13. The van der Waals surface area contributed by atoms with Crippen molar-refractivity contribution in [2.24, 2.45) is 0 Å². The molecule has 5 nitrogen and oxygen atoms in total. The second-order valence-electron chi connectivity index (χ2n) is 6.64. The average Bonchev–Trinajstić information content (AvgIpc) is 3.17. The number of ether oxygens (including phenoxy) is 2. The fraction of sp³-hybridized carbons (Fsp3) is 0.130. The maximum absolute atomic E-state index is 12.7. The average molecular weight is 426 g/mol. The van der Waals surface area contributed by atoms with Crippen LogP contribution in [0.25, 0.3) is 27.8 Å². The normalized spacial score (nSPS) is 11.5. The molecule has 0 spiro atoms. The molecule has 0 fully saturated rings. The van der Waals surface area contributed by atoms with E-state index in [9.17, 15) is 18.0 Å². The third-order valence-corrected chi connectivity index (χ3v) is 4.57. The summed E-state index contributed by atoms with van der Waals surface area (Å²) in [6, 6.07) is 18.2. The molecular formula is C23H17F3N2O3. The third kappa shape index (κ3) is 4.37. The van der Waals surface area contributed by atoms with Gasteiger partial charge in [0.2, 0.25) is 0 Å². The van der Waals surface area contributed by atoms with Crippen LogP contribution in [0.5, 0.6) is 5.75 Å². The molecule has 0 saturated heterocycles. The molecule has 1 heterocycles. The number of carbonyl (C=O) groups is 1. The van der Waals surface area contributed by atoms with Gasteiger partial charge in [-0.25, -0.2) is 9.78 Å². The number of hydrogen-bond acceptors (Lipinski definition) is 4. The molecule has 0 aliphatic heterocycles. The minimum Gasteiger partial charge on any atom is -0.462 e. The third-order valence-electron chi connectivity index (χ3n) is 4.57. The number of hydrogen-bond donors (Lipinski definition) is 0. The first-order valence-corrected chi connectivity index (χ1v) is 9.45. The van der Waals surface area contributed by atoms with E-state index in [2.05, 4.69) is 9.72 Å². The van der Waals surface area contributed by atoms with Crippen LogP contribution in [-0.4, -0.2) is 28.5 Å². The topological polar surface area (TPSA) is 53.4 Å². The van der Waals surface area contributed by atoms with Crippen molar-refractivity contribution in [1.82, 2.24) is 9.55 Å². The standard InChI is InChI=1S/C23H17F3N2O3/c1-2-30-22(29)16-12-19(15-7-6-10-18(11-15)31-23(24,25)26)21-20(13-16)27-14-28(21)17-8-4-3-5-9-17/h3-14H,2H2,1H3. The second-order valence-corrected chi connectivity index (χ2v) is 6.64. The molecule has 0 atom stereocenters. The van der Waals surface area contributed by atoms with Gasteiger partial charge in [0.15, 0.2) is 0 Å². The molecule has 0 saturated carbocycles. The number of imidazole rings is 1. The van der Waals surface area contributed by atoms with E-state index in [1.807, 2.05) is 34.9 Å². The molecule has 0 bridgehead atoms. The summed E-state index contributed by atoms with van der Waals surface area (Å²) in [6.07, 6.45) is -3.21. The zero-order valence-electron chi connectivity index (χ0n) is 16.4. The summed E-state index contributed by atoms with van der Waals surface area (Å²) < 4.78 is 49.2. The molecule has 1 aromatic heterocycles. The minimum absolute atomic E-state index is 0.194. The summed E-state index contributed by atoms with van der Waals surface area (Å²) in [6.45, 7) is 1.89. The molecule has 158 valence electrons. The van der Waals surface area contributed by atoms with Crippen molar-refractivity contribution < 1.29 is 27.4 Å². The fourth-order valence-corrected chi connectivity index (χ4v) is 3.35. The van der Waals surface area contributed by atoms with Gasteiger partial charge < -0.3 is 9.47 Å². The van der Waals surface area contributed by atoms with E-state index in [0.29, 0.717) is 22.2 Å². The number of carbonyl (C=O) groups excluding carboxylic acids is 1. The van der Waals surface area contributed by atoms with Gasteiger partial charge in [-0.2, -0.15) is 0 Å². The van der Waals surface area contributed by atoms with E-state index in [1.54, 1.807) is 31.5 Å².